The SMILES string of the molecule is CCN1C[C@H](CNC(=O)c2cc(NC(=O)Cc3ccccc3)cc3nc(COC)n(C)c23)CC1=O. The number of anilines is 1. The average Bonchev–Trinajstić information content (AvgIpc) is 3.36. The van der Waals surface area contributed by atoms with Gasteiger partial charge in [0.1, 0.15) is 12.4 Å². The molecule has 184 valence electrons. The predicted molar refractivity (Wildman–Crippen MR) is 133 cm³/mol. The molecule has 0 bridgehead atoms. The van der Waals surface area contributed by atoms with Crippen LogP contribution in [-0.2, 0) is 34.4 Å². The van der Waals surface area contributed by atoms with Crippen LogP contribution in [-0.4, -0.2) is 58.9 Å². The van der Waals surface area contributed by atoms with E-state index < -0.39 is 0 Å². The van der Waals surface area contributed by atoms with Crippen LogP contribution in [0.4, 0.5) is 5.69 Å². The van der Waals surface area contributed by atoms with Gasteiger partial charge in [0, 0.05) is 51.8 Å². The Bertz CT molecular complexity index is 1240. The molecule has 1 aliphatic rings. The van der Waals surface area contributed by atoms with Gasteiger partial charge in [0.2, 0.25) is 11.8 Å². The minimum atomic E-state index is -0.275. The van der Waals surface area contributed by atoms with Gasteiger partial charge in [-0.1, -0.05) is 30.3 Å². The number of nitrogens with zero attached hydrogens (tertiary/aromatic N) is 3. The number of carbonyl (C=O) groups is 3. The molecule has 1 fully saturated rings. The van der Waals surface area contributed by atoms with Crippen LogP contribution in [0.3, 0.4) is 0 Å². The van der Waals surface area contributed by atoms with Crippen LogP contribution in [0.1, 0.15) is 35.1 Å². The molecule has 2 N–H and O–H groups in total. The molecule has 3 aromatic rings. The monoisotopic (exact) mass is 477 g/mol. The number of nitrogens with one attached hydrogen (secondary N) is 2. The first kappa shape index (κ1) is 24.4. The fourth-order valence-corrected chi connectivity index (χ4v) is 4.52. The highest BCUT2D eigenvalue weighted by atomic mass is 16.5. The van der Waals surface area contributed by atoms with Gasteiger partial charge >= 0.3 is 0 Å². The Labute approximate surface area is 204 Å². The summed E-state index contributed by atoms with van der Waals surface area (Å²) in [5.41, 5.74) is 3.06. The molecule has 35 heavy (non-hydrogen) atoms. The van der Waals surface area contributed by atoms with Gasteiger partial charge in [0.05, 0.1) is 23.0 Å². The van der Waals surface area contributed by atoms with E-state index in [1.54, 1.807) is 24.1 Å². The summed E-state index contributed by atoms with van der Waals surface area (Å²) in [6.45, 7) is 3.96. The highest BCUT2D eigenvalue weighted by Gasteiger charge is 2.29. The minimum Gasteiger partial charge on any atom is -0.377 e. The Morgan fingerprint density at radius 3 is 2.66 bits per heavy atom. The number of amides is 3. The molecule has 1 atom stereocenters. The largest absolute Gasteiger partial charge is 0.377 e. The lowest BCUT2D eigenvalue weighted by molar-refractivity contribution is -0.127. The maximum Gasteiger partial charge on any atom is 0.253 e. The van der Waals surface area contributed by atoms with Gasteiger partial charge in [-0.3, -0.25) is 14.4 Å². The van der Waals surface area contributed by atoms with Crippen LogP contribution < -0.4 is 10.6 Å². The van der Waals surface area contributed by atoms with E-state index in [4.69, 9.17) is 4.74 Å². The summed E-state index contributed by atoms with van der Waals surface area (Å²) in [5.74, 6) is 0.409. The summed E-state index contributed by atoms with van der Waals surface area (Å²) in [5, 5.41) is 5.89. The van der Waals surface area contributed by atoms with Gasteiger partial charge in [0.25, 0.3) is 5.91 Å². The lowest BCUT2D eigenvalue weighted by Gasteiger charge is -2.15. The van der Waals surface area contributed by atoms with Gasteiger partial charge < -0.3 is 24.8 Å². The molecule has 2 heterocycles. The standard InChI is InChI=1S/C26H31N5O4/c1-4-31-15-18(11-24(31)33)14-27-26(34)20-12-19(28-23(32)10-17-8-6-5-7-9-17)13-21-25(20)30(2)22(29-21)16-35-3/h5-9,12-13,18H,4,10-11,14-16H2,1-3H3,(H,27,34)(H,28,32)/t18-/m0/s1. The van der Waals surface area contributed by atoms with E-state index in [-0.39, 0.29) is 30.1 Å². The zero-order chi connectivity index (χ0) is 24.9. The van der Waals surface area contributed by atoms with Gasteiger partial charge in [0.15, 0.2) is 0 Å². The third-order valence-electron chi connectivity index (χ3n) is 6.30. The lowest BCUT2D eigenvalue weighted by Crippen LogP contribution is -2.31. The Balaban J connectivity index is 1.58. The highest BCUT2D eigenvalue weighted by molar-refractivity contribution is 6.07. The molecular weight excluding hydrogens is 446 g/mol. The first-order chi connectivity index (χ1) is 16.9. The predicted octanol–water partition coefficient (Wildman–Crippen LogP) is 2.50. The summed E-state index contributed by atoms with van der Waals surface area (Å²) in [4.78, 5) is 44.4. The van der Waals surface area contributed by atoms with Gasteiger partial charge in [-0.2, -0.15) is 0 Å². The third-order valence-corrected chi connectivity index (χ3v) is 6.30. The van der Waals surface area contributed by atoms with E-state index in [0.717, 1.165) is 5.56 Å². The van der Waals surface area contributed by atoms with Crippen molar-refractivity contribution in [2.24, 2.45) is 13.0 Å². The Kier molecular flexibility index (Phi) is 7.45. The Morgan fingerprint density at radius 1 is 1.20 bits per heavy atom. The molecule has 2 aromatic carbocycles. The molecule has 0 unspecified atom stereocenters. The summed E-state index contributed by atoms with van der Waals surface area (Å²) < 4.78 is 7.09. The maximum atomic E-state index is 13.3. The van der Waals surface area contributed by atoms with Crippen molar-refractivity contribution in [1.29, 1.82) is 0 Å². The van der Waals surface area contributed by atoms with E-state index in [9.17, 15) is 14.4 Å². The molecule has 1 aliphatic heterocycles. The van der Waals surface area contributed by atoms with Gasteiger partial charge in [-0.15, -0.1) is 0 Å². The summed E-state index contributed by atoms with van der Waals surface area (Å²) in [6, 6.07) is 12.9. The molecule has 0 spiro atoms. The van der Waals surface area contributed by atoms with E-state index >= 15 is 0 Å². The minimum absolute atomic E-state index is 0.0752. The highest BCUT2D eigenvalue weighted by Crippen LogP contribution is 2.26. The van der Waals surface area contributed by atoms with Crippen LogP contribution in [0.2, 0.25) is 0 Å². The van der Waals surface area contributed by atoms with E-state index in [1.807, 2.05) is 48.9 Å². The first-order valence-corrected chi connectivity index (χ1v) is 11.8. The smallest absolute Gasteiger partial charge is 0.253 e. The maximum absolute atomic E-state index is 13.3. The number of aromatic nitrogens is 2. The summed E-state index contributed by atoms with van der Waals surface area (Å²) in [6.07, 6.45) is 0.657. The van der Waals surface area contributed by atoms with Crippen molar-refractivity contribution in [2.75, 3.05) is 32.1 Å². The average molecular weight is 478 g/mol. The van der Waals surface area contributed by atoms with E-state index in [2.05, 4.69) is 15.6 Å². The topological polar surface area (TPSA) is 106 Å². The van der Waals surface area contributed by atoms with Gasteiger partial charge in [-0.25, -0.2) is 4.98 Å². The van der Waals surface area contributed by atoms with Crippen molar-refractivity contribution in [1.82, 2.24) is 19.8 Å². The molecule has 9 nitrogen and oxygen atoms in total. The second-order valence-corrected chi connectivity index (χ2v) is 8.83. The molecule has 0 radical (unpaired) electrons. The number of fused-ring (bicyclic) bond motifs is 1. The normalized spacial score (nSPS) is 15.6. The summed E-state index contributed by atoms with van der Waals surface area (Å²) in [7, 11) is 3.42. The number of carbonyl (C=O) groups excluding carboxylic acids is 3. The molecule has 3 amide bonds. The number of aryl methyl sites for hydroxylation is 1. The molecule has 9 heteroatoms. The third kappa shape index (κ3) is 5.51. The van der Waals surface area contributed by atoms with Crippen molar-refractivity contribution in [3.8, 4) is 0 Å². The first-order valence-electron chi connectivity index (χ1n) is 11.8. The molecule has 4 rings (SSSR count). The quantitative estimate of drug-likeness (QED) is 0.493. The zero-order valence-corrected chi connectivity index (χ0v) is 20.3. The fourth-order valence-electron chi connectivity index (χ4n) is 4.52. The van der Waals surface area contributed by atoms with Crippen molar-refractivity contribution in [3.05, 3.63) is 59.4 Å². The van der Waals surface area contributed by atoms with Crippen molar-refractivity contribution < 1.29 is 19.1 Å². The molecular formula is C26H31N5O4. The number of benzene rings is 2. The number of methoxy groups -OCH3 is 1. The number of ether oxygens (including phenoxy) is 1. The van der Waals surface area contributed by atoms with Crippen molar-refractivity contribution in [2.45, 2.75) is 26.4 Å². The van der Waals surface area contributed by atoms with Crippen molar-refractivity contribution in [3.63, 3.8) is 0 Å². The van der Waals surface area contributed by atoms with Crippen LogP contribution in [0.25, 0.3) is 11.0 Å². The zero-order valence-electron chi connectivity index (χ0n) is 20.3. The van der Waals surface area contributed by atoms with Crippen LogP contribution in [0.15, 0.2) is 42.5 Å². The van der Waals surface area contributed by atoms with E-state index in [1.165, 1.54) is 0 Å². The number of hydrogen-bond acceptors (Lipinski definition) is 5. The number of hydrogen-bond donors (Lipinski definition) is 2. The summed E-state index contributed by atoms with van der Waals surface area (Å²) >= 11 is 0. The number of likely N-dealkylation sites (tertiary alicyclic amines) is 1. The number of rotatable bonds is 9. The lowest BCUT2D eigenvalue weighted by atomic mass is 10.1. The number of imidazole rings is 1. The molecule has 0 aliphatic carbocycles. The second-order valence-electron chi connectivity index (χ2n) is 8.83. The fraction of sp³-hybridized carbons (Fsp3) is 0.385. The molecule has 1 saturated heterocycles. The molecule has 1 aromatic heterocycles. The van der Waals surface area contributed by atoms with E-state index in [0.29, 0.717) is 60.8 Å². The van der Waals surface area contributed by atoms with Crippen LogP contribution >= 0.6 is 0 Å². The Morgan fingerprint density at radius 2 is 1.97 bits per heavy atom. The van der Waals surface area contributed by atoms with Crippen molar-refractivity contribution >= 4 is 34.4 Å². The second kappa shape index (κ2) is 10.7. The Hall–Kier alpha value is -3.72. The van der Waals surface area contributed by atoms with Gasteiger partial charge in [-0.05, 0) is 24.6 Å². The van der Waals surface area contributed by atoms with Crippen LogP contribution in [0, 0.1) is 5.92 Å². The molecule has 0 saturated carbocycles. The van der Waals surface area contributed by atoms with Crippen LogP contribution in [0.5, 0.6) is 0 Å².